The van der Waals surface area contributed by atoms with Crippen LogP contribution in [0, 0.1) is 19.7 Å². The summed E-state index contributed by atoms with van der Waals surface area (Å²) in [5, 5.41) is 3.32. The van der Waals surface area contributed by atoms with Crippen molar-refractivity contribution in [1.82, 2.24) is 5.32 Å². The first-order chi connectivity index (χ1) is 12.9. The fourth-order valence-electron chi connectivity index (χ4n) is 2.61. The zero-order chi connectivity index (χ0) is 19.8. The number of thioether (sulfide) groups is 1. The molecule has 6 heteroatoms. The quantitative estimate of drug-likeness (QED) is 0.571. The second kappa shape index (κ2) is 10.6. The molecule has 1 N–H and O–H groups in total. The molecule has 0 fully saturated rings. The van der Waals surface area contributed by atoms with E-state index in [0.29, 0.717) is 35.1 Å². The van der Waals surface area contributed by atoms with Gasteiger partial charge in [0, 0.05) is 28.6 Å². The SMILES string of the molecule is CC[C@@H](Oc1ccc(C)cc1C)C(=O)NCCSCc1c(F)cccc1Cl. The lowest BCUT2D eigenvalue weighted by Crippen LogP contribution is -2.39. The van der Waals surface area contributed by atoms with Gasteiger partial charge in [0.25, 0.3) is 5.91 Å². The van der Waals surface area contributed by atoms with Gasteiger partial charge < -0.3 is 10.1 Å². The number of amides is 1. The van der Waals surface area contributed by atoms with Gasteiger partial charge in [-0.05, 0) is 44.0 Å². The van der Waals surface area contributed by atoms with Crippen LogP contribution in [0.5, 0.6) is 5.75 Å². The molecule has 0 aromatic heterocycles. The molecule has 1 atom stereocenters. The summed E-state index contributed by atoms with van der Waals surface area (Å²) in [6, 6.07) is 10.6. The predicted octanol–water partition coefficient (Wildman–Crippen LogP) is 5.30. The molecule has 0 saturated carbocycles. The maximum Gasteiger partial charge on any atom is 0.261 e. The molecule has 0 aliphatic carbocycles. The van der Waals surface area contributed by atoms with Crippen molar-refractivity contribution >= 4 is 29.3 Å². The minimum Gasteiger partial charge on any atom is -0.480 e. The molecule has 2 aromatic rings. The van der Waals surface area contributed by atoms with E-state index in [-0.39, 0.29) is 11.7 Å². The Hall–Kier alpha value is -1.72. The zero-order valence-electron chi connectivity index (χ0n) is 15.9. The normalized spacial score (nSPS) is 11.9. The molecule has 2 aromatic carbocycles. The van der Waals surface area contributed by atoms with E-state index < -0.39 is 6.10 Å². The largest absolute Gasteiger partial charge is 0.480 e. The van der Waals surface area contributed by atoms with Crippen molar-refractivity contribution in [3.8, 4) is 5.75 Å². The van der Waals surface area contributed by atoms with Gasteiger partial charge in [0.2, 0.25) is 0 Å². The summed E-state index contributed by atoms with van der Waals surface area (Å²) in [6.07, 6.45) is 0.0503. The number of hydrogen-bond donors (Lipinski definition) is 1. The molecule has 0 unspecified atom stereocenters. The molecule has 146 valence electrons. The number of benzene rings is 2. The number of nitrogens with one attached hydrogen (secondary N) is 1. The molecular weight excluding hydrogens is 385 g/mol. The Morgan fingerprint density at radius 2 is 2.07 bits per heavy atom. The average molecular weight is 410 g/mol. The summed E-state index contributed by atoms with van der Waals surface area (Å²) in [5.41, 5.74) is 2.67. The average Bonchev–Trinajstić information content (AvgIpc) is 2.62. The zero-order valence-corrected chi connectivity index (χ0v) is 17.4. The van der Waals surface area contributed by atoms with Gasteiger partial charge in [-0.3, -0.25) is 4.79 Å². The fraction of sp³-hybridized carbons (Fsp3) is 0.381. The molecule has 0 spiro atoms. The van der Waals surface area contributed by atoms with Crippen LogP contribution in [0.1, 0.15) is 30.0 Å². The number of hydrogen-bond acceptors (Lipinski definition) is 3. The highest BCUT2D eigenvalue weighted by Gasteiger charge is 2.18. The van der Waals surface area contributed by atoms with E-state index in [2.05, 4.69) is 5.32 Å². The Morgan fingerprint density at radius 3 is 2.74 bits per heavy atom. The minimum absolute atomic E-state index is 0.137. The summed E-state index contributed by atoms with van der Waals surface area (Å²) in [5.74, 6) is 1.42. The maximum absolute atomic E-state index is 13.7. The van der Waals surface area contributed by atoms with Crippen LogP contribution in [-0.2, 0) is 10.5 Å². The van der Waals surface area contributed by atoms with Crippen LogP contribution >= 0.6 is 23.4 Å². The molecule has 0 aliphatic heterocycles. The van der Waals surface area contributed by atoms with E-state index in [4.69, 9.17) is 16.3 Å². The van der Waals surface area contributed by atoms with Gasteiger partial charge in [-0.15, -0.1) is 0 Å². The molecule has 0 aliphatic rings. The highest BCUT2D eigenvalue weighted by atomic mass is 35.5. The van der Waals surface area contributed by atoms with E-state index in [1.54, 1.807) is 12.1 Å². The second-order valence-electron chi connectivity index (χ2n) is 6.33. The van der Waals surface area contributed by atoms with Crippen molar-refractivity contribution in [2.75, 3.05) is 12.3 Å². The molecule has 0 saturated heterocycles. The molecule has 0 bridgehead atoms. The van der Waals surface area contributed by atoms with Crippen LogP contribution in [0.15, 0.2) is 36.4 Å². The number of rotatable bonds is 9. The number of ether oxygens (including phenoxy) is 1. The standard InChI is InChI=1S/C21H25ClFNO2S/c1-4-19(26-20-9-8-14(2)12-15(20)3)21(25)24-10-11-27-13-16-17(22)6-5-7-18(16)23/h5-9,12,19H,4,10-11,13H2,1-3H3,(H,24,25)/t19-/m1/s1. The Balaban J connectivity index is 1.78. The Kier molecular flexibility index (Phi) is 8.45. The van der Waals surface area contributed by atoms with Crippen molar-refractivity contribution in [3.63, 3.8) is 0 Å². The van der Waals surface area contributed by atoms with Crippen molar-refractivity contribution in [1.29, 1.82) is 0 Å². The van der Waals surface area contributed by atoms with E-state index >= 15 is 0 Å². The van der Waals surface area contributed by atoms with E-state index in [0.717, 1.165) is 16.9 Å². The lowest BCUT2D eigenvalue weighted by atomic mass is 10.1. The summed E-state index contributed by atoms with van der Waals surface area (Å²) in [7, 11) is 0. The number of carbonyl (C=O) groups excluding carboxylic acids is 1. The van der Waals surface area contributed by atoms with Crippen LogP contribution in [0.4, 0.5) is 4.39 Å². The summed E-state index contributed by atoms with van der Waals surface area (Å²) < 4.78 is 19.6. The van der Waals surface area contributed by atoms with Crippen LogP contribution < -0.4 is 10.1 Å². The number of carbonyl (C=O) groups is 1. The molecule has 3 nitrogen and oxygen atoms in total. The fourth-order valence-corrected chi connectivity index (χ4v) is 3.81. The van der Waals surface area contributed by atoms with Crippen molar-refractivity contribution in [2.45, 2.75) is 39.0 Å². The van der Waals surface area contributed by atoms with Gasteiger partial charge in [-0.25, -0.2) is 4.39 Å². The molecule has 27 heavy (non-hydrogen) atoms. The maximum atomic E-state index is 13.7. The third-order valence-corrected chi connectivity index (χ3v) is 5.46. The molecular formula is C21H25ClFNO2S. The Labute approximate surface area is 169 Å². The summed E-state index contributed by atoms with van der Waals surface area (Å²) in [6.45, 7) is 6.40. The van der Waals surface area contributed by atoms with Gasteiger partial charge in [0.1, 0.15) is 11.6 Å². The third kappa shape index (κ3) is 6.43. The van der Waals surface area contributed by atoms with Crippen molar-refractivity contribution in [3.05, 3.63) is 63.9 Å². The van der Waals surface area contributed by atoms with Crippen LogP contribution in [0.3, 0.4) is 0 Å². The molecule has 2 rings (SSSR count). The predicted molar refractivity (Wildman–Crippen MR) is 111 cm³/mol. The number of halogens is 2. The number of aryl methyl sites for hydroxylation is 2. The van der Waals surface area contributed by atoms with Gasteiger partial charge >= 0.3 is 0 Å². The second-order valence-corrected chi connectivity index (χ2v) is 7.84. The first kappa shape index (κ1) is 21.6. The van der Waals surface area contributed by atoms with Gasteiger partial charge in [0.05, 0.1) is 0 Å². The van der Waals surface area contributed by atoms with Gasteiger partial charge in [-0.1, -0.05) is 42.3 Å². The first-order valence-electron chi connectivity index (χ1n) is 8.94. The smallest absolute Gasteiger partial charge is 0.261 e. The van der Waals surface area contributed by atoms with Crippen LogP contribution in [0.25, 0.3) is 0 Å². The Bertz CT molecular complexity index is 765. The van der Waals surface area contributed by atoms with E-state index in [9.17, 15) is 9.18 Å². The first-order valence-corrected chi connectivity index (χ1v) is 10.5. The monoisotopic (exact) mass is 409 g/mol. The van der Waals surface area contributed by atoms with Gasteiger partial charge in [0.15, 0.2) is 6.10 Å². The lowest BCUT2D eigenvalue weighted by Gasteiger charge is -2.19. The summed E-state index contributed by atoms with van der Waals surface area (Å²) >= 11 is 7.54. The Morgan fingerprint density at radius 1 is 1.30 bits per heavy atom. The molecule has 1 amide bonds. The highest BCUT2D eigenvalue weighted by Crippen LogP contribution is 2.24. The van der Waals surface area contributed by atoms with Crippen LogP contribution in [-0.4, -0.2) is 24.3 Å². The van der Waals surface area contributed by atoms with Gasteiger partial charge in [-0.2, -0.15) is 11.8 Å². The van der Waals surface area contributed by atoms with E-state index in [1.807, 2.05) is 39.0 Å². The summed E-state index contributed by atoms with van der Waals surface area (Å²) in [4.78, 5) is 12.4. The van der Waals surface area contributed by atoms with Crippen molar-refractivity contribution < 1.29 is 13.9 Å². The van der Waals surface area contributed by atoms with Crippen molar-refractivity contribution in [2.24, 2.45) is 0 Å². The van der Waals surface area contributed by atoms with Crippen LogP contribution in [0.2, 0.25) is 5.02 Å². The highest BCUT2D eigenvalue weighted by molar-refractivity contribution is 7.98. The molecule has 0 heterocycles. The minimum atomic E-state index is -0.530. The molecule has 0 radical (unpaired) electrons. The van der Waals surface area contributed by atoms with E-state index in [1.165, 1.54) is 17.8 Å². The lowest BCUT2D eigenvalue weighted by molar-refractivity contribution is -0.128. The third-order valence-electron chi connectivity index (χ3n) is 4.12. The topological polar surface area (TPSA) is 38.3 Å².